The van der Waals surface area contributed by atoms with Gasteiger partial charge in [0.2, 0.25) is 5.88 Å². The number of nitrogens with one attached hydrogen (secondary N) is 2. The number of aryl methyl sites for hydroxylation is 1. The van der Waals surface area contributed by atoms with Crippen molar-refractivity contribution in [3.63, 3.8) is 0 Å². The van der Waals surface area contributed by atoms with Crippen LogP contribution in [0.4, 0.5) is 18.6 Å². The van der Waals surface area contributed by atoms with Crippen molar-refractivity contribution in [2.45, 2.75) is 51.7 Å². The van der Waals surface area contributed by atoms with Crippen LogP contribution >= 0.6 is 11.5 Å². The van der Waals surface area contributed by atoms with Crippen LogP contribution in [0.25, 0.3) is 0 Å². The number of anilines is 1. The lowest BCUT2D eigenvalue weighted by atomic mass is 10.1. The number of aliphatic hydroxyl groups is 1. The summed E-state index contributed by atoms with van der Waals surface area (Å²) in [6, 6.07) is 1.82. The van der Waals surface area contributed by atoms with Gasteiger partial charge in [0.05, 0.1) is 11.7 Å². The molecule has 5 N–H and O–H groups in total. The number of nitrogens with zero attached hydrogens (tertiary/aromatic N) is 2. The number of rotatable bonds is 11. The molecule has 3 amide bonds. The van der Waals surface area contributed by atoms with Crippen molar-refractivity contribution in [3.05, 3.63) is 40.5 Å². The number of likely N-dealkylation sites (tertiary alicyclic amines) is 1. The highest BCUT2D eigenvalue weighted by Crippen LogP contribution is 2.31. The number of halogens is 2. The number of unbranched alkanes of at least 4 members (excludes halogenated alkanes) is 2. The fourth-order valence-corrected chi connectivity index (χ4v) is 4.55. The number of aromatic nitrogens is 1. The molecule has 0 bridgehead atoms. The standard InChI is InChI=1S/C23H31F2N5O4S/c1-14-11-17(24)16(18(25)12-14)13-34-21-19(20(26)32)22(35-29-21)28-23(33)27-7-3-2-4-8-30-9-5-15(31)6-10-30/h11-12,15,31H,2-10,13H2,1H3,(H2,26,32)(H2,27,28,33). The van der Waals surface area contributed by atoms with Crippen LogP contribution in [0.3, 0.4) is 0 Å². The molecule has 0 radical (unpaired) electrons. The second-order valence-electron chi connectivity index (χ2n) is 8.57. The van der Waals surface area contributed by atoms with Crippen LogP contribution in [-0.4, -0.2) is 58.6 Å². The molecule has 192 valence electrons. The summed E-state index contributed by atoms with van der Waals surface area (Å²) in [5.41, 5.74) is 5.38. The Morgan fingerprint density at radius 2 is 1.91 bits per heavy atom. The Bertz CT molecular complexity index is 1000. The summed E-state index contributed by atoms with van der Waals surface area (Å²) in [7, 11) is 0. The van der Waals surface area contributed by atoms with Crippen molar-refractivity contribution >= 4 is 28.5 Å². The maximum atomic E-state index is 14.0. The summed E-state index contributed by atoms with van der Waals surface area (Å²) < 4.78 is 37.4. The van der Waals surface area contributed by atoms with Crippen LogP contribution in [-0.2, 0) is 6.61 Å². The molecule has 1 aromatic heterocycles. The third-order valence-corrected chi connectivity index (χ3v) is 6.51. The van der Waals surface area contributed by atoms with E-state index in [2.05, 4.69) is 19.9 Å². The predicted octanol–water partition coefficient (Wildman–Crippen LogP) is 3.16. The molecule has 0 spiro atoms. The second-order valence-corrected chi connectivity index (χ2v) is 9.34. The topological polar surface area (TPSA) is 130 Å². The second kappa shape index (κ2) is 12.8. The lowest BCUT2D eigenvalue weighted by Gasteiger charge is -2.29. The van der Waals surface area contributed by atoms with E-state index in [4.69, 9.17) is 10.5 Å². The Kier molecular flexibility index (Phi) is 9.75. The Morgan fingerprint density at radius 1 is 1.23 bits per heavy atom. The molecule has 0 saturated carbocycles. The van der Waals surface area contributed by atoms with E-state index in [1.807, 2.05) is 0 Å². The van der Waals surface area contributed by atoms with Gasteiger partial charge in [-0.25, -0.2) is 13.6 Å². The number of urea groups is 1. The van der Waals surface area contributed by atoms with Crippen LogP contribution in [0.2, 0.25) is 0 Å². The number of piperidine rings is 1. The Balaban J connectivity index is 1.44. The van der Waals surface area contributed by atoms with Crippen molar-refractivity contribution in [3.8, 4) is 5.88 Å². The third-order valence-electron chi connectivity index (χ3n) is 5.77. The van der Waals surface area contributed by atoms with Crippen LogP contribution in [0.1, 0.15) is 53.6 Å². The van der Waals surface area contributed by atoms with E-state index >= 15 is 0 Å². The number of ether oxygens (including phenoxy) is 1. The molecule has 9 nitrogen and oxygen atoms in total. The fraction of sp³-hybridized carbons (Fsp3) is 0.522. The van der Waals surface area contributed by atoms with Gasteiger partial charge in [-0.3, -0.25) is 10.1 Å². The lowest BCUT2D eigenvalue weighted by molar-refractivity contribution is 0.0818. The molecule has 35 heavy (non-hydrogen) atoms. The van der Waals surface area contributed by atoms with Crippen molar-refractivity contribution in [1.29, 1.82) is 0 Å². The number of amides is 3. The van der Waals surface area contributed by atoms with Crippen molar-refractivity contribution in [2.24, 2.45) is 5.73 Å². The zero-order chi connectivity index (χ0) is 25.4. The van der Waals surface area contributed by atoms with Gasteiger partial charge in [0.1, 0.15) is 28.8 Å². The number of primary amides is 1. The minimum Gasteiger partial charge on any atom is -0.471 e. The van der Waals surface area contributed by atoms with Crippen LogP contribution in [0.15, 0.2) is 12.1 Å². The molecule has 1 saturated heterocycles. The largest absolute Gasteiger partial charge is 0.471 e. The SMILES string of the molecule is Cc1cc(F)c(COc2nsc(NC(=O)NCCCCCN3CCC(O)CC3)c2C(N)=O)c(F)c1. The van der Waals surface area contributed by atoms with Gasteiger partial charge in [0, 0.05) is 19.6 Å². The molecule has 1 aromatic carbocycles. The highest BCUT2D eigenvalue weighted by Gasteiger charge is 2.23. The van der Waals surface area contributed by atoms with Gasteiger partial charge >= 0.3 is 6.03 Å². The molecule has 1 aliphatic rings. The molecule has 1 fully saturated rings. The lowest BCUT2D eigenvalue weighted by Crippen LogP contribution is -2.36. The van der Waals surface area contributed by atoms with E-state index in [-0.39, 0.29) is 28.1 Å². The molecule has 0 aliphatic carbocycles. The van der Waals surface area contributed by atoms with Gasteiger partial charge in [0.25, 0.3) is 5.91 Å². The summed E-state index contributed by atoms with van der Waals surface area (Å²) >= 11 is 0.783. The fourth-order valence-electron chi connectivity index (χ4n) is 3.81. The van der Waals surface area contributed by atoms with Gasteiger partial charge in [-0.05, 0) is 68.4 Å². The first-order valence-corrected chi connectivity index (χ1v) is 12.3. The zero-order valence-corrected chi connectivity index (χ0v) is 20.4. The van der Waals surface area contributed by atoms with E-state index in [1.165, 1.54) is 12.1 Å². The van der Waals surface area contributed by atoms with Crippen molar-refractivity contribution < 1.29 is 28.2 Å². The van der Waals surface area contributed by atoms with Crippen molar-refractivity contribution in [2.75, 3.05) is 31.5 Å². The zero-order valence-electron chi connectivity index (χ0n) is 19.6. The maximum Gasteiger partial charge on any atom is 0.319 e. The summed E-state index contributed by atoms with van der Waals surface area (Å²) in [5.74, 6) is -2.64. The number of hydrogen-bond acceptors (Lipinski definition) is 7. The monoisotopic (exact) mass is 511 g/mol. The average molecular weight is 512 g/mol. The summed E-state index contributed by atoms with van der Waals surface area (Å²) in [5, 5.41) is 14.9. The van der Waals surface area contributed by atoms with Crippen molar-refractivity contribution in [1.82, 2.24) is 14.6 Å². The summed E-state index contributed by atoms with van der Waals surface area (Å²) in [4.78, 5) is 26.5. The normalized spacial score (nSPS) is 14.6. The van der Waals surface area contributed by atoms with E-state index in [9.17, 15) is 23.5 Å². The molecular weight excluding hydrogens is 480 g/mol. The number of hydrogen-bond donors (Lipinski definition) is 4. The van der Waals surface area contributed by atoms with E-state index in [1.54, 1.807) is 6.92 Å². The molecule has 0 unspecified atom stereocenters. The molecule has 2 aromatic rings. The van der Waals surface area contributed by atoms with Gasteiger partial charge in [-0.2, -0.15) is 4.37 Å². The first-order chi connectivity index (χ1) is 16.7. The molecular formula is C23H31F2N5O4S. The van der Waals surface area contributed by atoms with Gasteiger partial charge in [-0.15, -0.1) is 0 Å². The average Bonchev–Trinajstić information content (AvgIpc) is 3.19. The Hall–Kier alpha value is -2.83. The summed E-state index contributed by atoms with van der Waals surface area (Å²) in [6.07, 6.45) is 4.19. The summed E-state index contributed by atoms with van der Waals surface area (Å²) in [6.45, 7) is 4.32. The molecule has 3 rings (SSSR count). The minimum atomic E-state index is -0.890. The first kappa shape index (κ1) is 26.8. The van der Waals surface area contributed by atoms with Gasteiger partial charge in [0.15, 0.2) is 0 Å². The van der Waals surface area contributed by atoms with E-state index < -0.39 is 30.2 Å². The number of aliphatic hydroxyl groups excluding tert-OH is 1. The first-order valence-electron chi connectivity index (χ1n) is 11.6. The molecule has 12 heteroatoms. The number of benzene rings is 1. The number of nitrogens with two attached hydrogens (primary N) is 1. The highest BCUT2D eigenvalue weighted by molar-refractivity contribution is 7.11. The molecule has 0 atom stereocenters. The van der Waals surface area contributed by atoms with Gasteiger partial charge in [-0.1, -0.05) is 6.42 Å². The minimum absolute atomic E-state index is 0.0853. The molecule has 1 aliphatic heterocycles. The van der Waals surface area contributed by atoms with E-state index in [0.717, 1.165) is 63.3 Å². The predicted molar refractivity (Wildman–Crippen MR) is 129 cm³/mol. The number of carbonyl (C=O) groups is 2. The number of carbonyl (C=O) groups excluding carboxylic acids is 2. The third kappa shape index (κ3) is 7.84. The van der Waals surface area contributed by atoms with Gasteiger partial charge < -0.3 is 25.8 Å². The molecule has 2 heterocycles. The van der Waals surface area contributed by atoms with E-state index in [0.29, 0.717) is 12.1 Å². The Labute approximate surface area is 206 Å². The quantitative estimate of drug-likeness (QED) is 0.343. The maximum absolute atomic E-state index is 14.0. The Morgan fingerprint density at radius 3 is 2.57 bits per heavy atom. The van der Waals surface area contributed by atoms with Crippen LogP contribution in [0.5, 0.6) is 5.88 Å². The van der Waals surface area contributed by atoms with Crippen LogP contribution in [0, 0.1) is 18.6 Å². The highest BCUT2D eigenvalue weighted by atomic mass is 32.1. The smallest absolute Gasteiger partial charge is 0.319 e. The van der Waals surface area contributed by atoms with Crippen LogP contribution < -0.4 is 21.1 Å².